The third-order valence-corrected chi connectivity index (χ3v) is 2.50. The van der Waals surface area contributed by atoms with Crippen molar-refractivity contribution in [3.63, 3.8) is 0 Å². The number of carbonyl (C=O) groups is 2. The predicted octanol–water partition coefficient (Wildman–Crippen LogP) is 0.574. The van der Waals surface area contributed by atoms with Gasteiger partial charge in [-0.15, -0.1) is 0 Å². The van der Waals surface area contributed by atoms with Crippen LogP contribution >= 0.6 is 0 Å². The van der Waals surface area contributed by atoms with E-state index < -0.39 is 23.6 Å². The van der Waals surface area contributed by atoms with Gasteiger partial charge in [0.15, 0.2) is 0 Å². The number of aliphatic carboxylic acids is 1. The fourth-order valence-electron chi connectivity index (χ4n) is 1.75. The lowest BCUT2D eigenvalue weighted by Crippen LogP contribution is -2.53. The first kappa shape index (κ1) is 13.8. The van der Waals surface area contributed by atoms with Gasteiger partial charge in [0, 0.05) is 12.6 Å². The monoisotopic (exact) mass is 244 g/mol. The number of carboxylic acids is 1. The van der Waals surface area contributed by atoms with Crippen molar-refractivity contribution in [2.75, 3.05) is 13.1 Å². The number of hydrogen-bond donors (Lipinski definition) is 3. The molecule has 0 aromatic carbocycles. The molecular weight excluding hydrogens is 224 g/mol. The Labute approximate surface area is 101 Å². The number of rotatable bonds is 2. The average molecular weight is 244 g/mol. The second kappa shape index (κ2) is 5.35. The van der Waals surface area contributed by atoms with E-state index in [0.717, 1.165) is 0 Å². The second-order valence-electron chi connectivity index (χ2n) is 5.19. The summed E-state index contributed by atoms with van der Waals surface area (Å²) in [6.45, 7) is 6.37. The lowest BCUT2D eigenvalue weighted by molar-refractivity contribution is -0.143. The van der Waals surface area contributed by atoms with Crippen molar-refractivity contribution in [2.24, 2.45) is 5.92 Å². The van der Waals surface area contributed by atoms with Gasteiger partial charge in [0.2, 0.25) is 0 Å². The van der Waals surface area contributed by atoms with Gasteiger partial charge in [0.05, 0.1) is 5.92 Å². The third kappa shape index (κ3) is 4.60. The summed E-state index contributed by atoms with van der Waals surface area (Å²) in [5, 5.41) is 14.6. The predicted molar refractivity (Wildman–Crippen MR) is 61.8 cm³/mol. The van der Waals surface area contributed by atoms with Crippen LogP contribution in [0.5, 0.6) is 0 Å². The summed E-state index contributed by atoms with van der Waals surface area (Å²) < 4.78 is 5.11. The third-order valence-electron chi connectivity index (χ3n) is 2.50. The summed E-state index contributed by atoms with van der Waals surface area (Å²) in [5.41, 5.74) is -0.574. The zero-order valence-corrected chi connectivity index (χ0v) is 10.4. The quantitative estimate of drug-likeness (QED) is 0.661. The summed E-state index contributed by atoms with van der Waals surface area (Å²) >= 11 is 0. The van der Waals surface area contributed by atoms with Gasteiger partial charge in [0.1, 0.15) is 5.60 Å². The summed E-state index contributed by atoms with van der Waals surface area (Å²) in [6, 6.07) is -0.372. The molecule has 0 aliphatic carbocycles. The van der Waals surface area contributed by atoms with Crippen LogP contribution in [0.2, 0.25) is 0 Å². The van der Waals surface area contributed by atoms with E-state index in [1.54, 1.807) is 20.8 Å². The molecule has 0 saturated carbocycles. The Morgan fingerprint density at radius 1 is 1.41 bits per heavy atom. The molecule has 6 nitrogen and oxygen atoms in total. The highest BCUT2D eigenvalue weighted by molar-refractivity contribution is 5.74. The van der Waals surface area contributed by atoms with Crippen molar-refractivity contribution in [3.8, 4) is 0 Å². The van der Waals surface area contributed by atoms with E-state index in [4.69, 9.17) is 9.84 Å². The van der Waals surface area contributed by atoms with Crippen LogP contribution < -0.4 is 10.6 Å². The maximum atomic E-state index is 11.5. The van der Waals surface area contributed by atoms with Crippen molar-refractivity contribution in [3.05, 3.63) is 0 Å². The minimum absolute atomic E-state index is 0.371. The largest absolute Gasteiger partial charge is 0.481 e. The molecule has 0 spiro atoms. The molecule has 6 heteroatoms. The van der Waals surface area contributed by atoms with Crippen LogP contribution in [0.15, 0.2) is 0 Å². The maximum absolute atomic E-state index is 11.5. The average Bonchev–Trinajstić information content (AvgIpc) is 2.14. The molecule has 0 aromatic heterocycles. The van der Waals surface area contributed by atoms with E-state index in [0.29, 0.717) is 19.5 Å². The SMILES string of the molecule is CC(C)(C)OC(=O)NC1CCNCC1C(=O)O. The highest BCUT2D eigenvalue weighted by Crippen LogP contribution is 2.13. The van der Waals surface area contributed by atoms with Crippen molar-refractivity contribution < 1.29 is 19.4 Å². The molecule has 1 heterocycles. The second-order valence-corrected chi connectivity index (χ2v) is 5.19. The van der Waals surface area contributed by atoms with Crippen LogP contribution in [-0.2, 0) is 9.53 Å². The number of piperidine rings is 1. The van der Waals surface area contributed by atoms with Crippen LogP contribution in [0.3, 0.4) is 0 Å². The minimum atomic E-state index is -0.904. The van der Waals surface area contributed by atoms with Crippen LogP contribution in [0, 0.1) is 5.92 Å². The van der Waals surface area contributed by atoms with Gasteiger partial charge < -0.3 is 20.5 Å². The Bertz CT molecular complexity index is 298. The van der Waals surface area contributed by atoms with E-state index >= 15 is 0 Å². The van der Waals surface area contributed by atoms with Gasteiger partial charge in [-0.1, -0.05) is 0 Å². The molecule has 1 saturated heterocycles. The van der Waals surface area contributed by atoms with Crippen LogP contribution in [0.4, 0.5) is 4.79 Å². The molecule has 98 valence electrons. The molecule has 0 bridgehead atoms. The van der Waals surface area contributed by atoms with E-state index in [2.05, 4.69) is 10.6 Å². The smallest absolute Gasteiger partial charge is 0.407 e. The molecule has 0 aromatic rings. The van der Waals surface area contributed by atoms with Crippen molar-refractivity contribution in [1.29, 1.82) is 0 Å². The Kier molecular flexibility index (Phi) is 4.34. The van der Waals surface area contributed by atoms with E-state index in [-0.39, 0.29) is 6.04 Å². The van der Waals surface area contributed by atoms with E-state index in [1.165, 1.54) is 0 Å². The molecule has 1 fully saturated rings. The number of alkyl carbamates (subject to hydrolysis) is 1. The number of nitrogens with one attached hydrogen (secondary N) is 2. The zero-order chi connectivity index (χ0) is 13.1. The van der Waals surface area contributed by atoms with Crippen molar-refractivity contribution in [2.45, 2.75) is 38.8 Å². The molecule has 1 rings (SSSR count). The van der Waals surface area contributed by atoms with Crippen molar-refractivity contribution in [1.82, 2.24) is 10.6 Å². The molecule has 3 N–H and O–H groups in total. The maximum Gasteiger partial charge on any atom is 0.407 e. The van der Waals surface area contributed by atoms with Gasteiger partial charge >= 0.3 is 12.1 Å². The molecular formula is C11H20N2O4. The molecule has 2 unspecified atom stereocenters. The lowest BCUT2D eigenvalue weighted by atomic mass is 9.94. The van der Waals surface area contributed by atoms with Crippen LogP contribution in [0.25, 0.3) is 0 Å². The number of amides is 1. The van der Waals surface area contributed by atoms with Gasteiger partial charge in [-0.2, -0.15) is 0 Å². The highest BCUT2D eigenvalue weighted by Gasteiger charge is 2.32. The zero-order valence-electron chi connectivity index (χ0n) is 10.4. The first-order chi connectivity index (χ1) is 7.79. The Morgan fingerprint density at radius 2 is 2.06 bits per heavy atom. The number of hydrogen-bond acceptors (Lipinski definition) is 4. The molecule has 17 heavy (non-hydrogen) atoms. The van der Waals surface area contributed by atoms with Crippen molar-refractivity contribution >= 4 is 12.1 Å². The number of ether oxygens (including phenoxy) is 1. The first-order valence-corrected chi connectivity index (χ1v) is 5.72. The number of carboxylic acid groups (broad SMARTS) is 1. The van der Waals surface area contributed by atoms with Gasteiger partial charge in [-0.25, -0.2) is 4.79 Å². The fraction of sp³-hybridized carbons (Fsp3) is 0.818. The minimum Gasteiger partial charge on any atom is -0.481 e. The topological polar surface area (TPSA) is 87.7 Å². The number of carbonyl (C=O) groups excluding carboxylic acids is 1. The van der Waals surface area contributed by atoms with E-state index in [9.17, 15) is 9.59 Å². The molecule has 1 aliphatic rings. The summed E-state index contributed by atoms with van der Waals surface area (Å²) in [7, 11) is 0. The normalized spacial score (nSPS) is 25.1. The van der Waals surface area contributed by atoms with Gasteiger partial charge in [-0.3, -0.25) is 4.79 Å². The molecule has 2 atom stereocenters. The molecule has 0 radical (unpaired) electrons. The van der Waals surface area contributed by atoms with E-state index in [1.807, 2.05) is 0 Å². The Hall–Kier alpha value is -1.30. The van der Waals surface area contributed by atoms with Gasteiger partial charge in [0.25, 0.3) is 0 Å². The summed E-state index contributed by atoms with van der Waals surface area (Å²) in [4.78, 5) is 22.5. The highest BCUT2D eigenvalue weighted by atomic mass is 16.6. The molecule has 1 amide bonds. The Morgan fingerprint density at radius 3 is 2.59 bits per heavy atom. The fourth-order valence-corrected chi connectivity index (χ4v) is 1.75. The summed E-state index contributed by atoms with van der Waals surface area (Å²) in [5.74, 6) is -1.51. The Balaban J connectivity index is 2.53. The first-order valence-electron chi connectivity index (χ1n) is 5.72. The summed E-state index contributed by atoms with van der Waals surface area (Å²) in [6.07, 6.45) is 0.0339. The van der Waals surface area contributed by atoms with Gasteiger partial charge in [-0.05, 0) is 33.7 Å². The standard InChI is InChI=1S/C11H20N2O4/c1-11(2,3)17-10(16)13-8-4-5-12-6-7(8)9(14)15/h7-8,12H,4-6H2,1-3H3,(H,13,16)(H,14,15). The van der Waals surface area contributed by atoms with Crippen LogP contribution in [0.1, 0.15) is 27.2 Å². The van der Waals surface area contributed by atoms with Crippen LogP contribution in [-0.4, -0.2) is 41.9 Å². The lowest BCUT2D eigenvalue weighted by Gasteiger charge is -2.30. The molecule has 1 aliphatic heterocycles.